The molecular formula is C27H30F2N4O. The van der Waals surface area contributed by atoms with Crippen molar-refractivity contribution >= 4 is 5.65 Å². The molecule has 3 heterocycles. The molecule has 0 amide bonds. The van der Waals surface area contributed by atoms with Gasteiger partial charge in [0.25, 0.3) is 0 Å². The van der Waals surface area contributed by atoms with E-state index in [1.54, 1.807) is 12.1 Å². The van der Waals surface area contributed by atoms with Gasteiger partial charge in [0, 0.05) is 41.2 Å². The van der Waals surface area contributed by atoms with E-state index in [0.29, 0.717) is 18.0 Å². The quantitative estimate of drug-likeness (QED) is 0.301. The molecule has 1 fully saturated rings. The number of nitrogens with zero attached hydrogens (tertiary/aromatic N) is 4. The molecule has 0 aliphatic heterocycles. The van der Waals surface area contributed by atoms with Crippen LogP contribution in [0.1, 0.15) is 62.0 Å². The Hall–Kier alpha value is -3.22. The third kappa shape index (κ3) is 4.56. The van der Waals surface area contributed by atoms with Gasteiger partial charge in [0.2, 0.25) is 0 Å². The van der Waals surface area contributed by atoms with Crippen molar-refractivity contribution in [3.05, 3.63) is 71.9 Å². The van der Waals surface area contributed by atoms with E-state index < -0.39 is 6.61 Å². The summed E-state index contributed by atoms with van der Waals surface area (Å²) in [4.78, 5) is 4.68. The van der Waals surface area contributed by atoms with Crippen LogP contribution in [0.5, 0.6) is 5.75 Å². The first kappa shape index (κ1) is 22.6. The van der Waals surface area contributed by atoms with Gasteiger partial charge in [-0.1, -0.05) is 31.5 Å². The zero-order valence-electron chi connectivity index (χ0n) is 19.6. The molecular weight excluding hydrogens is 434 g/mol. The molecule has 0 radical (unpaired) electrons. The maximum Gasteiger partial charge on any atom is 0.387 e. The predicted octanol–water partition coefficient (Wildman–Crippen LogP) is 6.84. The highest BCUT2D eigenvalue weighted by Gasteiger charge is 2.22. The van der Waals surface area contributed by atoms with Crippen molar-refractivity contribution in [2.75, 3.05) is 0 Å². The Kier molecular flexibility index (Phi) is 6.35. The molecule has 1 aliphatic rings. The largest absolute Gasteiger partial charge is 0.435 e. The second-order valence-electron chi connectivity index (χ2n) is 9.24. The van der Waals surface area contributed by atoms with Crippen molar-refractivity contribution in [1.29, 1.82) is 0 Å². The third-order valence-corrected chi connectivity index (χ3v) is 7.17. The van der Waals surface area contributed by atoms with Gasteiger partial charge in [-0.25, -0.2) is 4.98 Å². The number of alkyl halides is 2. The molecule has 0 bridgehead atoms. The predicted molar refractivity (Wildman–Crippen MR) is 128 cm³/mol. The maximum absolute atomic E-state index is 12.9. The summed E-state index contributed by atoms with van der Waals surface area (Å²) in [5.41, 5.74) is 5.47. The summed E-state index contributed by atoms with van der Waals surface area (Å²) in [5, 5.41) is 4.69. The molecule has 1 aliphatic carbocycles. The van der Waals surface area contributed by atoms with Crippen LogP contribution in [-0.4, -0.2) is 25.8 Å². The van der Waals surface area contributed by atoms with Crippen LogP contribution in [0.25, 0.3) is 16.8 Å². The van der Waals surface area contributed by atoms with Crippen LogP contribution in [0, 0.1) is 12.8 Å². The summed E-state index contributed by atoms with van der Waals surface area (Å²) in [6, 6.07) is 11.5. The Balaban J connectivity index is 1.43. The molecule has 4 aromatic rings. The smallest absolute Gasteiger partial charge is 0.387 e. The Morgan fingerprint density at radius 2 is 1.82 bits per heavy atom. The Labute approximate surface area is 198 Å². The number of aryl methyl sites for hydroxylation is 1. The fourth-order valence-electron chi connectivity index (χ4n) is 5.14. The summed E-state index contributed by atoms with van der Waals surface area (Å²) in [6.07, 6.45) is 12.8. The number of pyridine rings is 1. The molecule has 0 atom stereocenters. The molecule has 7 heteroatoms. The van der Waals surface area contributed by atoms with Crippen LogP contribution in [-0.2, 0) is 6.42 Å². The minimum absolute atomic E-state index is 0.196. The standard InChI is InChI=1S/C27H30F2N4O/c1-3-19-8-11-23(12-9-19)33-17-22(15-30-33)21-10-13-26-31-18(2)24(32(26)16-21)14-20-6-4-5-7-25(20)34-27(28)29/h4-7,10,13,15-17,19,23,27H,3,8-9,11-12,14H2,1-2H3. The number of benzene rings is 1. The highest BCUT2D eigenvalue weighted by atomic mass is 19.3. The first-order valence-electron chi connectivity index (χ1n) is 12.1. The first-order valence-corrected chi connectivity index (χ1v) is 12.1. The number of aromatic nitrogens is 4. The summed E-state index contributed by atoms with van der Waals surface area (Å²) in [6.45, 7) is 1.37. The highest BCUT2D eigenvalue weighted by Crippen LogP contribution is 2.34. The third-order valence-electron chi connectivity index (χ3n) is 7.17. The Morgan fingerprint density at radius 1 is 1.03 bits per heavy atom. The molecule has 34 heavy (non-hydrogen) atoms. The number of ether oxygens (including phenoxy) is 1. The molecule has 0 unspecified atom stereocenters. The fourth-order valence-corrected chi connectivity index (χ4v) is 5.14. The van der Waals surface area contributed by atoms with E-state index in [2.05, 4.69) is 40.1 Å². The van der Waals surface area contributed by atoms with Crippen molar-refractivity contribution in [2.45, 2.75) is 65.0 Å². The average Bonchev–Trinajstić information content (AvgIpc) is 3.45. The fraction of sp³-hybridized carbons (Fsp3) is 0.407. The van der Waals surface area contributed by atoms with Crippen LogP contribution in [0.3, 0.4) is 0 Å². The van der Waals surface area contributed by atoms with E-state index in [-0.39, 0.29) is 5.75 Å². The van der Waals surface area contributed by atoms with Gasteiger partial charge in [-0.05, 0) is 56.7 Å². The zero-order chi connectivity index (χ0) is 23.7. The number of halogens is 2. The Morgan fingerprint density at radius 3 is 2.59 bits per heavy atom. The molecule has 0 saturated heterocycles. The van der Waals surface area contributed by atoms with Crippen molar-refractivity contribution in [3.63, 3.8) is 0 Å². The summed E-state index contributed by atoms with van der Waals surface area (Å²) in [5.74, 6) is 1.05. The van der Waals surface area contributed by atoms with E-state index in [9.17, 15) is 8.78 Å². The van der Waals surface area contributed by atoms with Gasteiger partial charge in [-0.2, -0.15) is 13.9 Å². The Bertz CT molecular complexity index is 1270. The van der Waals surface area contributed by atoms with Gasteiger partial charge in [-0.3, -0.25) is 4.68 Å². The van der Waals surface area contributed by atoms with Gasteiger partial charge in [0.05, 0.1) is 17.9 Å². The van der Waals surface area contributed by atoms with Crippen molar-refractivity contribution < 1.29 is 13.5 Å². The zero-order valence-corrected chi connectivity index (χ0v) is 19.6. The summed E-state index contributed by atoms with van der Waals surface area (Å²) >= 11 is 0. The van der Waals surface area contributed by atoms with Gasteiger partial charge in [0.15, 0.2) is 0 Å². The molecule has 0 spiro atoms. The van der Waals surface area contributed by atoms with E-state index in [1.807, 2.05) is 35.7 Å². The SMILES string of the molecule is CCC1CCC(n2cc(-c3ccc4nc(C)c(Cc5ccccc5OC(F)F)n4c3)cn2)CC1. The van der Waals surface area contributed by atoms with Crippen molar-refractivity contribution in [1.82, 2.24) is 19.2 Å². The number of fused-ring (bicyclic) bond motifs is 1. The lowest BCUT2D eigenvalue weighted by Gasteiger charge is -2.27. The normalized spacial score (nSPS) is 18.6. The van der Waals surface area contributed by atoms with Gasteiger partial charge >= 0.3 is 6.61 Å². The second kappa shape index (κ2) is 9.57. The molecule has 1 aromatic carbocycles. The number of hydrogen-bond donors (Lipinski definition) is 0. The maximum atomic E-state index is 12.9. The van der Waals surface area contributed by atoms with E-state index in [0.717, 1.165) is 34.1 Å². The highest BCUT2D eigenvalue weighted by molar-refractivity contribution is 5.64. The topological polar surface area (TPSA) is 44.4 Å². The first-order chi connectivity index (χ1) is 16.5. The van der Waals surface area contributed by atoms with Crippen molar-refractivity contribution in [3.8, 4) is 16.9 Å². The summed E-state index contributed by atoms with van der Waals surface area (Å²) < 4.78 is 34.7. The van der Waals surface area contributed by atoms with E-state index in [4.69, 9.17) is 4.74 Å². The van der Waals surface area contributed by atoms with E-state index in [1.165, 1.54) is 32.1 Å². The second-order valence-corrected chi connectivity index (χ2v) is 9.24. The lowest BCUT2D eigenvalue weighted by Crippen LogP contribution is -2.18. The van der Waals surface area contributed by atoms with Gasteiger partial charge in [-0.15, -0.1) is 0 Å². The number of hydrogen-bond acceptors (Lipinski definition) is 3. The van der Waals surface area contributed by atoms with Crippen LogP contribution >= 0.6 is 0 Å². The van der Waals surface area contributed by atoms with Crippen LogP contribution in [0.15, 0.2) is 55.0 Å². The lowest BCUT2D eigenvalue weighted by molar-refractivity contribution is -0.0503. The van der Waals surface area contributed by atoms with Gasteiger partial charge < -0.3 is 9.14 Å². The van der Waals surface area contributed by atoms with Crippen LogP contribution in [0.2, 0.25) is 0 Å². The summed E-state index contributed by atoms with van der Waals surface area (Å²) in [7, 11) is 0. The number of imidazole rings is 1. The average molecular weight is 465 g/mol. The van der Waals surface area contributed by atoms with Crippen molar-refractivity contribution in [2.24, 2.45) is 5.92 Å². The molecule has 0 N–H and O–H groups in total. The van der Waals surface area contributed by atoms with Crippen LogP contribution in [0.4, 0.5) is 8.78 Å². The molecule has 3 aromatic heterocycles. The number of rotatable bonds is 7. The monoisotopic (exact) mass is 464 g/mol. The lowest BCUT2D eigenvalue weighted by atomic mass is 9.85. The van der Waals surface area contributed by atoms with Crippen LogP contribution < -0.4 is 4.74 Å². The minimum atomic E-state index is -2.86. The minimum Gasteiger partial charge on any atom is -0.435 e. The molecule has 1 saturated carbocycles. The van der Waals surface area contributed by atoms with Gasteiger partial charge in [0.1, 0.15) is 11.4 Å². The molecule has 5 rings (SSSR count). The number of para-hydroxylation sites is 1. The molecule has 5 nitrogen and oxygen atoms in total. The molecule has 178 valence electrons. The van der Waals surface area contributed by atoms with E-state index >= 15 is 0 Å².